The minimum Gasteiger partial charge on any atom is -1.00 e. The summed E-state index contributed by atoms with van der Waals surface area (Å²) in [6, 6.07) is 0. The Morgan fingerprint density at radius 2 is 1.92 bits per heavy atom. The first kappa shape index (κ1) is 12.8. The molecule has 0 saturated heterocycles. The third-order valence-corrected chi connectivity index (χ3v) is 3.63. The minimum absolute atomic E-state index is 0. The van der Waals surface area contributed by atoms with Crippen LogP contribution in [0.5, 0.6) is 0 Å². The molecule has 3 aliphatic carbocycles. The molecule has 0 radical (unpaired) electrons. The van der Waals surface area contributed by atoms with Crippen molar-refractivity contribution in [2.75, 3.05) is 0 Å². The molecule has 2 bridgehead atoms. The average Bonchev–Trinajstić information content (AvgIpc) is 1.87. The van der Waals surface area contributed by atoms with Gasteiger partial charge in [0.1, 0.15) is 0 Å². The molecule has 0 amide bonds. The van der Waals surface area contributed by atoms with Crippen molar-refractivity contribution in [2.24, 2.45) is 11.3 Å². The van der Waals surface area contributed by atoms with Gasteiger partial charge < -0.3 is 17.0 Å². The van der Waals surface area contributed by atoms with E-state index in [0.29, 0.717) is 5.41 Å². The molecular weight excluding hydrogens is 207 g/mol. The van der Waals surface area contributed by atoms with Gasteiger partial charge in [0.05, 0.1) is 0 Å². The fourth-order valence-electron chi connectivity index (χ4n) is 2.61. The molecule has 3 rings (SSSR count). The van der Waals surface area contributed by atoms with Crippen molar-refractivity contribution >= 4 is 0 Å². The average molecular weight is 223 g/mol. The monoisotopic (exact) mass is 222 g/mol. The SMILES string of the molecule is CC1=C2CC(CC1)C2(C)C.[Br-].[Li+]. The maximum Gasteiger partial charge on any atom is 1.00 e. The number of allylic oxidation sites excluding steroid dienone is 2. The van der Waals surface area contributed by atoms with Gasteiger partial charge in [-0.2, -0.15) is 0 Å². The van der Waals surface area contributed by atoms with Crippen LogP contribution in [0.15, 0.2) is 11.1 Å². The quantitative estimate of drug-likeness (QED) is 0.306. The van der Waals surface area contributed by atoms with Gasteiger partial charge in [0.15, 0.2) is 0 Å². The first-order valence-electron chi connectivity index (χ1n) is 4.31. The number of halogens is 1. The summed E-state index contributed by atoms with van der Waals surface area (Å²) in [4.78, 5) is 0. The van der Waals surface area contributed by atoms with Crippen LogP contribution in [0.25, 0.3) is 0 Å². The maximum absolute atomic E-state index is 2.40. The zero-order valence-corrected chi connectivity index (χ0v) is 10.2. The van der Waals surface area contributed by atoms with Crippen molar-refractivity contribution in [1.29, 1.82) is 0 Å². The van der Waals surface area contributed by atoms with Crippen LogP contribution in [0.3, 0.4) is 0 Å². The third kappa shape index (κ3) is 1.56. The summed E-state index contributed by atoms with van der Waals surface area (Å²) in [6.45, 7) is 7.12. The number of rotatable bonds is 0. The Bertz CT molecular complexity index is 206. The van der Waals surface area contributed by atoms with Gasteiger partial charge in [-0.1, -0.05) is 25.0 Å². The van der Waals surface area contributed by atoms with Crippen molar-refractivity contribution in [2.45, 2.75) is 40.0 Å². The molecular formula is C10H16BrLi. The summed E-state index contributed by atoms with van der Waals surface area (Å²) < 4.78 is 0. The molecule has 0 nitrogen and oxygen atoms in total. The first-order valence-corrected chi connectivity index (χ1v) is 4.31. The summed E-state index contributed by atoms with van der Waals surface area (Å²) in [5.41, 5.74) is 4.04. The Labute approximate surface area is 98.1 Å². The standard InChI is InChI=1S/C10H16.BrH.Li/c1-7-4-5-8-6-9(7)10(8,2)3;;/h8H,4-6H2,1-3H3;1H;/q;;+1/p-1. The maximum atomic E-state index is 2.40. The van der Waals surface area contributed by atoms with E-state index in [0.717, 1.165) is 5.92 Å². The molecule has 0 aliphatic heterocycles. The third-order valence-electron chi connectivity index (χ3n) is 3.63. The van der Waals surface area contributed by atoms with Crippen molar-refractivity contribution < 1.29 is 35.8 Å². The summed E-state index contributed by atoms with van der Waals surface area (Å²) in [6.07, 6.45) is 4.24. The van der Waals surface area contributed by atoms with Gasteiger partial charge >= 0.3 is 18.9 Å². The molecule has 0 aromatic rings. The predicted octanol–water partition coefficient (Wildman–Crippen LogP) is -2.85. The largest absolute Gasteiger partial charge is 1.00 e. The van der Waals surface area contributed by atoms with E-state index in [9.17, 15) is 0 Å². The zero-order valence-electron chi connectivity index (χ0n) is 8.58. The molecule has 3 aliphatic rings. The summed E-state index contributed by atoms with van der Waals surface area (Å²) in [5.74, 6) is 1.02. The second kappa shape index (κ2) is 3.91. The van der Waals surface area contributed by atoms with Crippen LogP contribution in [0, 0.1) is 11.3 Å². The number of hydrogen-bond acceptors (Lipinski definition) is 0. The van der Waals surface area contributed by atoms with E-state index in [2.05, 4.69) is 20.8 Å². The predicted molar refractivity (Wildman–Crippen MR) is 43.8 cm³/mol. The smallest absolute Gasteiger partial charge is 1.00 e. The van der Waals surface area contributed by atoms with Crippen LogP contribution in [0.4, 0.5) is 0 Å². The second-order valence-electron chi connectivity index (χ2n) is 4.42. The Hall–Kier alpha value is 0.817. The van der Waals surface area contributed by atoms with Gasteiger partial charge in [-0.25, -0.2) is 0 Å². The molecule has 1 fully saturated rings. The molecule has 1 unspecified atom stereocenters. The summed E-state index contributed by atoms with van der Waals surface area (Å²) in [5, 5.41) is 0. The molecule has 0 aromatic heterocycles. The Morgan fingerprint density at radius 3 is 2.17 bits per heavy atom. The van der Waals surface area contributed by atoms with Crippen molar-refractivity contribution in [3.63, 3.8) is 0 Å². The molecule has 0 spiro atoms. The van der Waals surface area contributed by atoms with E-state index in [1.54, 1.807) is 11.1 Å². The Kier molecular flexibility index (Phi) is 4.17. The molecule has 12 heavy (non-hydrogen) atoms. The Morgan fingerprint density at radius 1 is 1.33 bits per heavy atom. The normalized spacial score (nSPS) is 29.8. The second-order valence-corrected chi connectivity index (χ2v) is 4.42. The van der Waals surface area contributed by atoms with Crippen LogP contribution in [-0.4, -0.2) is 0 Å². The van der Waals surface area contributed by atoms with Gasteiger partial charge in [0.25, 0.3) is 0 Å². The molecule has 64 valence electrons. The fourth-order valence-corrected chi connectivity index (χ4v) is 2.61. The van der Waals surface area contributed by atoms with Gasteiger partial charge in [0, 0.05) is 0 Å². The van der Waals surface area contributed by atoms with Gasteiger partial charge in [0.2, 0.25) is 0 Å². The van der Waals surface area contributed by atoms with Gasteiger partial charge in [-0.05, 0) is 37.5 Å². The van der Waals surface area contributed by atoms with Gasteiger partial charge in [-0.15, -0.1) is 0 Å². The molecule has 2 heteroatoms. The molecule has 1 saturated carbocycles. The van der Waals surface area contributed by atoms with E-state index in [-0.39, 0.29) is 35.8 Å². The van der Waals surface area contributed by atoms with Crippen molar-refractivity contribution in [3.05, 3.63) is 11.1 Å². The molecule has 0 aromatic carbocycles. The van der Waals surface area contributed by atoms with E-state index >= 15 is 0 Å². The van der Waals surface area contributed by atoms with Crippen LogP contribution in [-0.2, 0) is 0 Å². The van der Waals surface area contributed by atoms with Crippen LogP contribution in [0.1, 0.15) is 40.0 Å². The van der Waals surface area contributed by atoms with E-state index < -0.39 is 0 Å². The van der Waals surface area contributed by atoms with Crippen LogP contribution in [0.2, 0.25) is 0 Å². The van der Waals surface area contributed by atoms with E-state index in [1.807, 2.05) is 0 Å². The molecule has 0 N–H and O–H groups in total. The first-order chi connectivity index (χ1) is 4.62. The topological polar surface area (TPSA) is 0 Å². The Balaban J connectivity index is 0.000000605. The molecule has 0 heterocycles. The van der Waals surface area contributed by atoms with Crippen molar-refractivity contribution in [1.82, 2.24) is 0 Å². The van der Waals surface area contributed by atoms with E-state index in [4.69, 9.17) is 0 Å². The number of hydrogen-bond donors (Lipinski definition) is 0. The summed E-state index contributed by atoms with van der Waals surface area (Å²) in [7, 11) is 0. The number of fused-ring (bicyclic) bond motifs is 2. The summed E-state index contributed by atoms with van der Waals surface area (Å²) >= 11 is 0. The van der Waals surface area contributed by atoms with E-state index in [1.165, 1.54) is 19.3 Å². The van der Waals surface area contributed by atoms with Crippen LogP contribution < -0.4 is 35.8 Å². The zero-order chi connectivity index (χ0) is 7.35. The minimum atomic E-state index is 0. The molecule has 1 atom stereocenters. The van der Waals surface area contributed by atoms with Gasteiger partial charge in [-0.3, -0.25) is 0 Å². The van der Waals surface area contributed by atoms with Crippen LogP contribution >= 0.6 is 0 Å². The fraction of sp³-hybridized carbons (Fsp3) is 0.800. The van der Waals surface area contributed by atoms with Crippen molar-refractivity contribution in [3.8, 4) is 0 Å².